The molecule has 0 aromatic rings. The van der Waals surface area contributed by atoms with Gasteiger partial charge in [-0.05, 0) is 0 Å². The Bertz CT molecular complexity index is 371. The predicted octanol–water partition coefficient (Wildman–Crippen LogP) is -4.49. The standard InChI is InChI=1S/C13H25NO9/c1-21-11-5(3-15)14-2-6(17)12(11)23-13-10(20)9(19)8(18)7(4-16)22-13/h5-20H,2-4H2,1H3/t5-,6-,7-,8-,9+,10-,11-,12-,13-/m1/s1. The molecule has 2 aliphatic heterocycles. The minimum Gasteiger partial charge on any atom is -0.395 e. The minimum atomic E-state index is -1.57. The highest BCUT2D eigenvalue weighted by molar-refractivity contribution is 4.96. The minimum absolute atomic E-state index is 0.132. The van der Waals surface area contributed by atoms with Crippen LogP contribution in [-0.4, -0.2) is 113 Å². The molecular formula is C13H25NO9. The zero-order chi connectivity index (χ0) is 17.1. The van der Waals surface area contributed by atoms with Crippen LogP contribution in [0, 0.1) is 0 Å². The van der Waals surface area contributed by atoms with Crippen molar-refractivity contribution >= 4 is 0 Å². The average molecular weight is 339 g/mol. The Kier molecular flexibility index (Phi) is 6.68. The number of hydrogen-bond donors (Lipinski definition) is 7. The molecule has 136 valence electrons. The maximum atomic E-state index is 10.1. The third-order valence-electron chi connectivity index (χ3n) is 4.30. The van der Waals surface area contributed by atoms with Crippen LogP contribution in [0.3, 0.4) is 0 Å². The van der Waals surface area contributed by atoms with Crippen LogP contribution in [-0.2, 0) is 14.2 Å². The molecule has 0 aliphatic carbocycles. The Morgan fingerprint density at radius 3 is 2.26 bits per heavy atom. The third kappa shape index (κ3) is 3.82. The molecule has 0 spiro atoms. The molecule has 9 atom stereocenters. The first-order valence-electron chi connectivity index (χ1n) is 7.45. The molecule has 2 fully saturated rings. The third-order valence-corrected chi connectivity index (χ3v) is 4.30. The zero-order valence-corrected chi connectivity index (χ0v) is 12.7. The summed E-state index contributed by atoms with van der Waals surface area (Å²) in [6.45, 7) is -0.695. The lowest BCUT2D eigenvalue weighted by molar-refractivity contribution is -0.327. The molecule has 0 aromatic carbocycles. The van der Waals surface area contributed by atoms with Crippen molar-refractivity contribution in [2.45, 2.75) is 55.1 Å². The van der Waals surface area contributed by atoms with Crippen molar-refractivity contribution in [3.8, 4) is 0 Å². The summed E-state index contributed by atoms with van der Waals surface area (Å²) in [6, 6.07) is -0.488. The van der Waals surface area contributed by atoms with Crippen LogP contribution in [0.2, 0.25) is 0 Å². The number of nitrogens with one attached hydrogen (secondary N) is 1. The Labute approximate surface area is 133 Å². The summed E-state index contributed by atoms with van der Waals surface area (Å²) in [5.74, 6) is 0. The van der Waals surface area contributed by atoms with Crippen LogP contribution in [0.4, 0.5) is 0 Å². The molecule has 2 aliphatic rings. The van der Waals surface area contributed by atoms with E-state index in [0.717, 1.165) is 0 Å². The fourth-order valence-corrected chi connectivity index (χ4v) is 2.92. The molecule has 23 heavy (non-hydrogen) atoms. The van der Waals surface area contributed by atoms with Crippen molar-refractivity contribution in [2.24, 2.45) is 0 Å². The first-order valence-corrected chi connectivity index (χ1v) is 7.45. The Hall–Kier alpha value is -0.400. The van der Waals surface area contributed by atoms with Gasteiger partial charge in [0.2, 0.25) is 0 Å². The number of aliphatic hydroxyl groups is 6. The van der Waals surface area contributed by atoms with E-state index in [9.17, 15) is 25.5 Å². The molecule has 2 saturated heterocycles. The fraction of sp³-hybridized carbons (Fsp3) is 1.00. The lowest BCUT2D eigenvalue weighted by Gasteiger charge is -2.45. The smallest absolute Gasteiger partial charge is 0.187 e. The van der Waals surface area contributed by atoms with E-state index in [1.54, 1.807) is 0 Å². The molecule has 0 bridgehead atoms. The van der Waals surface area contributed by atoms with Crippen molar-refractivity contribution in [1.29, 1.82) is 0 Å². The molecule has 7 N–H and O–H groups in total. The summed E-state index contributed by atoms with van der Waals surface area (Å²) in [6.07, 6.45) is -9.78. The van der Waals surface area contributed by atoms with E-state index < -0.39 is 61.7 Å². The van der Waals surface area contributed by atoms with Gasteiger partial charge >= 0.3 is 0 Å². The summed E-state index contributed by atoms with van der Waals surface area (Å²) in [7, 11) is 1.39. The number of ether oxygens (including phenoxy) is 3. The topological polar surface area (TPSA) is 161 Å². The van der Waals surface area contributed by atoms with Gasteiger partial charge in [0.25, 0.3) is 0 Å². The highest BCUT2D eigenvalue weighted by Crippen LogP contribution is 2.26. The number of hydrogen-bond acceptors (Lipinski definition) is 10. The van der Waals surface area contributed by atoms with E-state index in [-0.39, 0.29) is 13.2 Å². The van der Waals surface area contributed by atoms with Gasteiger partial charge < -0.3 is 50.2 Å². The lowest BCUT2D eigenvalue weighted by Crippen LogP contribution is -2.65. The summed E-state index contributed by atoms with van der Waals surface area (Å²) in [5.41, 5.74) is 0. The molecule has 2 heterocycles. The maximum Gasteiger partial charge on any atom is 0.187 e. The quantitative estimate of drug-likeness (QED) is 0.260. The second-order valence-corrected chi connectivity index (χ2v) is 5.76. The van der Waals surface area contributed by atoms with Crippen LogP contribution in [0.25, 0.3) is 0 Å². The van der Waals surface area contributed by atoms with Crippen molar-refractivity contribution in [3.63, 3.8) is 0 Å². The van der Waals surface area contributed by atoms with E-state index in [1.165, 1.54) is 7.11 Å². The summed E-state index contributed by atoms with van der Waals surface area (Å²) in [5, 5.41) is 61.0. The molecule has 0 aromatic heterocycles. The van der Waals surface area contributed by atoms with Crippen molar-refractivity contribution < 1.29 is 44.8 Å². The number of rotatable bonds is 5. The van der Waals surface area contributed by atoms with Gasteiger partial charge in [0.05, 0.1) is 25.4 Å². The average Bonchev–Trinajstić information content (AvgIpc) is 2.56. The molecule has 2 rings (SSSR count). The SMILES string of the molecule is CO[C@H]1[C@H](O[C@H]2O[C@H](CO)[C@@H](O)[C@H](O)[C@H]2O)[C@H](O)CN[C@@H]1CO. The summed E-state index contributed by atoms with van der Waals surface area (Å²) >= 11 is 0. The van der Waals surface area contributed by atoms with Gasteiger partial charge in [-0.15, -0.1) is 0 Å². The largest absolute Gasteiger partial charge is 0.395 e. The molecule has 10 nitrogen and oxygen atoms in total. The van der Waals surface area contributed by atoms with Crippen molar-refractivity contribution in [1.82, 2.24) is 5.32 Å². The Morgan fingerprint density at radius 1 is 1.00 bits per heavy atom. The van der Waals surface area contributed by atoms with Gasteiger partial charge in [0, 0.05) is 13.7 Å². The van der Waals surface area contributed by atoms with Gasteiger partial charge in [-0.1, -0.05) is 0 Å². The van der Waals surface area contributed by atoms with E-state index in [1.807, 2.05) is 0 Å². The highest BCUT2D eigenvalue weighted by Gasteiger charge is 2.48. The van der Waals surface area contributed by atoms with Crippen LogP contribution < -0.4 is 5.32 Å². The number of piperidine rings is 1. The monoisotopic (exact) mass is 339 g/mol. The first kappa shape index (κ1) is 18.9. The number of aliphatic hydroxyl groups excluding tert-OH is 6. The van der Waals surface area contributed by atoms with Gasteiger partial charge in [-0.2, -0.15) is 0 Å². The molecule has 0 radical (unpaired) electrons. The molecule has 0 unspecified atom stereocenters. The summed E-state index contributed by atoms with van der Waals surface area (Å²) in [4.78, 5) is 0. The van der Waals surface area contributed by atoms with Gasteiger partial charge in [0.15, 0.2) is 6.29 Å². The number of β-amino-alcohol motifs (C(OH)–C–C–N with tert-alkyl or cyclic N) is 1. The molecule has 0 saturated carbocycles. The van der Waals surface area contributed by atoms with E-state index >= 15 is 0 Å². The van der Waals surface area contributed by atoms with Crippen LogP contribution >= 0.6 is 0 Å². The summed E-state index contributed by atoms with van der Waals surface area (Å²) < 4.78 is 16.1. The molecule has 0 amide bonds. The van der Waals surface area contributed by atoms with E-state index in [4.69, 9.17) is 19.3 Å². The molecule has 10 heteroatoms. The molecular weight excluding hydrogens is 314 g/mol. The van der Waals surface area contributed by atoms with Crippen LogP contribution in [0.15, 0.2) is 0 Å². The van der Waals surface area contributed by atoms with Crippen molar-refractivity contribution in [2.75, 3.05) is 26.9 Å². The fourth-order valence-electron chi connectivity index (χ4n) is 2.92. The number of methoxy groups -OCH3 is 1. The Morgan fingerprint density at radius 2 is 1.70 bits per heavy atom. The van der Waals surface area contributed by atoms with E-state index in [0.29, 0.717) is 0 Å². The second-order valence-electron chi connectivity index (χ2n) is 5.76. The predicted molar refractivity (Wildman–Crippen MR) is 74.3 cm³/mol. The highest BCUT2D eigenvalue weighted by atomic mass is 16.7. The maximum absolute atomic E-state index is 10.1. The van der Waals surface area contributed by atoms with Crippen molar-refractivity contribution in [3.05, 3.63) is 0 Å². The van der Waals surface area contributed by atoms with Crippen LogP contribution in [0.5, 0.6) is 0 Å². The second kappa shape index (κ2) is 8.12. The normalized spacial score (nSPS) is 48.4. The lowest BCUT2D eigenvalue weighted by atomic mass is 9.95. The van der Waals surface area contributed by atoms with Gasteiger partial charge in [-0.3, -0.25) is 0 Å². The van der Waals surface area contributed by atoms with Gasteiger partial charge in [-0.25, -0.2) is 0 Å². The Balaban J connectivity index is 2.11. The van der Waals surface area contributed by atoms with Crippen LogP contribution in [0.1, 0.15) is 0 Å². The van der Waals surface area contributed by atoms with Gasteiger partial charge in [0.1, 0.15) is 36.6 Å². The van der Waals surface area contributed by atoms with E-state index in [2.05, 4.69) is 5.32 Å². The first-order chi connectivity index (χ1) is 10.9. The zero-order valence-electron chi connectivity index (χ0n) is 12.7.